The monoisotopic (exact) mass is 631 g/mol. The van der Waals surface area contributed by atoms with Crippen molar-refractivity contribution >= 4 is 50.7 Å². The first-order valence-electron chi connectivity index (χ1n) is 14.0. The Morgan fingerprint density at radius 3 is 2.12 bits per heavy atom. The van der Waals surface area contributed by atoms with Gasteiger partial charge in [-0.05, 0) is 54.2 Å². The fourth-order valence-electron chi connectivity index (χ4n) is 4.63. The van der Waals surface area contributed by atoms with Gasteiger partial charge in [-0.25, -0.2) is 8.42 Å². The van der Waals surface area contributed by atoms with Crippen LogP contribution in [-0.2, 0) is 32.6 Å². The van der Waals surface area contributed by atoms with Crippen LogP contribution >= 0.6 is 23.2 Å². The number of sulfonamides is 1. The number of nitrogens with zero attached hydrogens (tertiary/aromatic N) is 2. The number of hydrogen-bond acceptors (Lipinski definition) is 4. The fourth-order valence-corrected chi connectivity index (χ4v) is 5.82. The molecule has 2 amide bonds. The van der Waals surface area contributed by atoms with Gasteiger partial charge in [0, 0.05) is 19.0 Å². The summed E-state index contributed by atoms with van der Waals surface area (Å²) in [6.45, 7) is 7.33. The highest BCUT2D eigenvalue weighted by Gasteiger charge is 2.34. The van der Waals surface area contributed by atoms with Crippen molar-refractivity contribution in [1.82, 2.24) is 10.2 Å². The average Bonchev–Trinajstić information content (AvgIpc) is 2.95. The highest BCUT2D eigenvalue weighted by molar-refractivity contribution is 7.92. The van der Waals surface area contributed by atoms with E-state index in [0.717, 1.165) is 21.7 Å². The van der Waals surface area contributed by atoms with Crippen molar-refractivity contribution in [1.29, 1.82) is 0 Å². The average molecular weight is 633 g/mol. The molecule has 0 saturated carbocycles. The van der Waals surface area contributed by atoms with E-state index in [2.05, 4.69) is 5.32 Å². The Balaban J connectivity index is 2.12. The van der Waals surface area contributed by atoms with Crippen LogP contribution in [0.2, 0.25) is 10.0 Å². The van der Waals surface area contributed by atoms with Crippen LogP contribution in [0.4, 0.5) is 5.69 Å². The van der Waals surface area contributed by atoms with Gasteiger partial charge in [-0.1, -0.05) is 98.6 Å². The van der Waals surface area contributed by atoms with Gasteiger partial charge in [0.2, 0.25) is 21.8 Å². The van der Waals surface area contributed by atoms with E-state index in [1.54, 1.807) is 30.3 Å². The van der Waals surface area contributed by atoms with Gasteiger partial charge in [-0.3, -0.25) is 13.9 Å². The van der Waals surface area contributed by atoms with E-state index in [0.29, 0.717) is 27.7 Å². The maximum atomic E-state index is 14.3. The number of anilines is 1. The molecule has 1 N–H and O–H groups in total. The van der Waals surface area contributed by atoms with E-state index in [9.17, 15) is 18.0 Å². The summed E-state index contributed by atoms with van der Waals surface area (Å²) in [6, 6.07) is 20.5. The summed E-state index contributed by atoms with van der Waals surface area (Å²) in [5.41, 5.74) is 2.74. The minimum Gasteiger partial charge on any atom is -0.352 e. The maximum absolute atomic E-state index is 14.3. The second-order valence-corrected chi connectivity index (χ2v) is 13.5. The van der Waals surface area contributed by atoms with Gasteiger partial charge in [0.25, 0.3) is 0 Å². The van der Waals surface area contributed by atoms with Gasteiger partial charge in [0.1, 0.15) is 12.6 Å². The highest BCUT2D eigenvalue weighted by atomic mass is 35.5. The van der Waals surface area contributed by atoms with E-state index in [4.69, 9.17) is 23.2 Å². The lowest BCUT2D eigenvalue weighted by molar-refractivity contribution is -0.140. The Labute approximate surface area is 259 Å². The van der Waals surface area contributed by atoms with Crippen LogP contribution in [0.15, 0.2) is 72.8 Å². The van der Waals surface area contributed by atoms with Crippen LogP contribution < -0.4 is 9.62 Å². The SMILES string of the molecule is CC[C@@H](C)NC(=O)[C@@H](Cc1ccccc1)N(Cc1ccc(Cl)c(Cl)c1)C(=O)CN(c1ccccc1C(C)C)S(C)(=O)=O. The molecule has 42 heavy (non-hydrogen) atoms. The standard InChI is InChI=1S/C32H39Cl2N3O4S/c1-6-23(4)35-32(39)30(19-24-12-8-7-9-13-24)36(20-25-16-17-27(33)28(34)18-25)31(38)21-37(42(5,40)41)29-15-11-10-14-26(29)22(2)3/h7-18,22-23,30H,6,19-21H2,1-5H3,(H,35,39)/t23-,30-/m1/s1. The van der Waals surface area contributed by atoms with Gasteiger partial charge < -0.3 is 10.2 Å². The minimum atomic E-state index is -3.87. The molecule has 0 radical (unpaired) electrons. The van der Waals surface area contributed by atoms with Crippen molar-refractivity contribution < 1.29 is 18.0 Å². The van der Waals surface area contributed by atoms with Gasteiger partial charge in [0.15, 0.2) is 0 Å². The van der Waals surface area contributed by atoms with E-state index in [-0.39, 0.29) is 30.8 Å². The zero-order valence-electron chi connectivity index (χ0n) is 24.7. The zero-order chi connectivity index (χ0) is 31.0. The maximum Gasteiger partial charge on any atom is 0.244 e. The van der Waals surface area contributed by atoms with Crippen LogP contribution in [0, 0.1) is 0 Å². The first-order chi connectivity index (χ1) is 19.8. The predicted octanol–water partition coefficient (Wildman–Crippen LogP) is 6.44. The molecule has 0 unspecified atom stereocenters. The minimum absolute atomic E-state index is 0.0139. The third-order valence-electron chi connectivity index (χ3n) is 7.12. The molecule has 0 heterocycles. The lowest BCUT2D eigenvalue weighted by Gasteiger charge is -2.34. The van der Waals surface area contributed by atoms with Gasteiger partial charge in [0.05, 0.1) is 22.0 Å². The number of para-hydroxylation sites is 1. The summed E-state index contributed by atoms with van der Waals surface area (Å²) in [5, 5.41) is 3.70. The second kappa shape index (κ2) is 14.9. The molecule has 0 aromatic heterocycles. The molecule has 226 valence electrons. The van der Waals surface area contributed by atoms with E-state index < -0.39 is 28.5 Å². The largest absolute Gasteiger partial charge is 0.352 e. The molecule has 0 spiro atoms. The topological polar surface area (TPSA) is 86.8 Å². The molecule has 3 aromatic rings. The number of hydrogen-bond donors (Lipinski definition) is 1. The molecule has 10 heteroatoms. The Morgan fingerprint density at radius 2 is 1.52 bits per heavy atom. The third kappa shape index (κ3) is 8.96. The van der Waals surface area contributed by atoms with Crippen LogP contribution in [-0.4, -0.2) is 50.0 Å². The Kier molecular flexibility index (Phi) is 11.9. The van der Waals surface area contributed by atoms with Gasteiger partial charge in [-0.2, -0.15) is 0 Å². The van der Waals surface area contributed by atoms with Gasteiger partial charge in [-0.15, -0.1) is 0 Å². The summed E-state index contributed by atoms with van der Waals surface area (Å²) < 4.78 is 27.4. The number of nitrogens with one attached hydrogen (secondary N) is 1. The molecule has 3 rings (SSSR count). The molecular formula is C32H39Cl2N3O4S. The summed E-state index contributed by atoms with van der Waals surface area (Å²) in [4.78, 5) is 29.5. The molecule has 0 bridgehead atoms. The van der Waals surface area contributed by atoms with Gasteiger partial charge >= 0.3 is 0 Å². The smallest absolute Gasteiger partial charge is 0.244 e. The van der Waals surface area contributed by atoms with Crippen molar-refractivity contribution in [3.05, 3.63) is 99.5 Å². The Hall–Kier alpha value is -3.07. The quantitative estimate of drug-likeness (QED) is 0.235. The lowest BCUT2D eigenvalue weighted by Crippen LogP contribution is -2.54. The van der Waals surface area contributed by atoms with Crippen LogP contribution in [0.25, 0.3) is 0 Å². The first-order valence-corrected chi connectivity index (χ1v) is 16.6. The van der Waals surface area contributed by atoms with Crippen molar-refractivity contribution in [2.24, 2.45) is 0 Å². The normalized spacial score (nSPS) is 13.0. The summed E-state index contributed by atoms with van der Waals surface area (Å²) in [5.74, 6) is -0.833. The molecule has 2 atom stereocenters. The number of halogens is 2. The third-order valence-corrected chi connectivity index (χ3v) is 8.98. The lowest BCUT2D eigenvalue weighted by atomic mass is 10.0. The zero-order valence-corrected chi connectivity index (χ0v) is 27.0. The van der Waals surface area contributed by atoms with E-state index in [1.807, 2.05) is 70.2 Å². The van der Waals surface area contributed by atoms with E-state index >= 15 is 0 Å². The van der Waals surface area contributed by atoms with Crippen molar-refractivity contribution in [3.8, 4) is 0 Å². The van der Waals surface area contributed by atoms with E-state index in [1.165, 1.54) is 4.90 Å². The number of carbonyl (C=O) groups excluding carboxylic acids is 2. The number of amides is 2. The number of rotatable bonds is 13. The number of benzene rings is 3. The van der Waals surface area contributed by atoms with Crippen molar-refractivity contribution in [3.63, 3.8) is 0 Å². The Bertz CT molecular complexity index is 1480. The molecule has 0 fully saturated rings. The Morgan fingerprint density at radius 1 is 0.881 bits per heavy atom. The van der Waals surface area contributed by atoms with Crippen molar-refractivity contribution in [2.45, 2.75) is 65.1 Å². The molecule has 0 saturated heterocycles. The first kappa shape index (κ1) is 33.4. The predicted molar refractivity (Wildman–Crippen MR) is 172 cm³/mol. The second-order valence-electron chi connectivity index (χ2n) is 10.8. The molecule has 0 aliphatic carbocycles. The summed E-state index contributed by atoms with van der Waals surface area (Å²) >= 11 is 12.5. The fraction of sp³-hybridized carbons (Fsp3) is 0.375. The van der Waals surface area contributed by atoms with Crippen LogP contribution in [0.1, 0.15) is 56.7 Å². The molecule has 3 aromatic carbocycles. The summed E-state index contributed by atoms with van der Waals surface area (Å²) in [6.07, 6.45) is 2.02. The molecule has 0 aliphatic rings. The molecular weight excluding hydrogens is 593 g/mol. The molecule has 7 nitrogen and oxygen atoms in total. The number of carbonyl (C=O) groups is 2. The van der Waals surface area contributed by atoms with Crippen LogP contribution in [0.3, 0.4) is 0 Å². The van der Waals surface area contributed by atoms with Crippen molar-refractivity contribution in [2.75, 3.05) is 17.1 Å². The van der Waals surface area contributed by atoms with Crippen LogP contribution in [0.5, 0.6) is 0 Å². The highest BCUT2D eigenvalue weighted by Crippen LogP contribution is 2.30. The molecule has 0 aliphatic heterocycles. The summed E-state index contributed by atoms with van der Waals surface area (Å²) in [7, 11) is -3.87.